The molecule has 1 amide bonds. The molecule has 0 saturated carbocycles. The third kappa shape index (κ3) is 3.25. The number of amides is 1. The topological polar surface area (TPSA) is 33.2 Å². The van der Waals surface area contributed by atoms with Crippen molar-refractivity contribution in [1.82, 2.24) is 9.88 Å². The van der Waals surface area contributed by atoms with Crippen molar-refractivity contribution in [1.29, 1.82) is 0 Å². The summed E-state index contributed by atoms with van der Waals surface area (Å²) in [7, 11) is 0. The minimum absolute atomic E-state index is 0.0473. The van der Waals surface area contributed by atoms with Crippen LogP contribution in [0.25, 0.3) is 10.6 Å². The molecule has 3 nitrogen and oxygen atoms in total. The van der Waals surface area contributed by atoms with Gasteiger partial charge in [-0.1, -0.05) is 23.7 Å². The molecule has 2 aliphatic rings. The Morgan fingerprint density at radius 3 is 3.00 bits per heavy atom. The zero-order chi connectivity index (χ0) is 17.4. The van der Waals surface area contributed by atoms with Gasteiger partial charge >= 0.3 is 0 Å². The number of nitrogens with zero attached hydrogens (tertiary/aromatic N) is 2. The van der Waals surface area contributed by atoms with Gasteiger partial charge in [0.2, 0.25) is 0 Å². The second kappa shape index (κ2) is 6.93. The molecule has 1 aromatic heterocycles. The monoisotopic (exact) mass is 372 g/mol. The van der Waals surface area contributed by atoms with Crippen molar-refractivity contribution >= 4 is 28.8 Å². The van der Waals surface area contributed by atoms with Crippen molar-refractivity contribution in [3.63, 3.8) is 0 Å². The van der Waals surface area contributed by atoms with E-state index in [0.717, 1.165) is 40.5 Å². The number of hydrogen-bond donors (Lipinski definition) is 0. The Hall–Kier alpha value is -1.65. The molecule has 25 heavy (non-hydrogen) atoms. The minimum Gasteiger partial charge on any atom is -0.311 e. The SMILES string of the molecule is Cc1cc(-c2nc(C(=O)N3CCCC4CCCC=C43)cs2)ccc1Cl. The van der Waals surface area contributed by atoms with Gasteiger partial charge in [0.05, 0.1) is 0 Å². The fourth-order valence-electron chi connectivity index (χ4n) is 3.82. The number of carbonyl (C=O) groups is 1. The van der Waals surface area contributed by atoms with Crippen molar-refractivity contribution in [3.05, 3.63) is 51.6 Å². The number of aromatic nitrogens is 1. The summed E-state index contributed by atoms with van der Waals surface area (Å²) in [4.78, 5) is 19.6. The summed E-state index contributed by atoms with van der Waals surface area (Å²) < 4.78 is 0. The minimum atomic E-state index is 0.0473. The van der Waals surface area contributed by atoms with Gasteiger partial charge in [-0.15, -0.1) is 11.3 Å². The number of carbonyl (C=O) groups excluding carboxylic acids is 1. The van der Waals surface area contributed by atoms with Crippen LogP contribution < -0.4 is 0 Å². The Morgan fingerprint density at radius 1 is 1.32 bits per heavy atom. The molecule has 2 aromatic rings. The fraction of sp³-hybridized carbons (Fsp3) is 0.400. The van der Waals surface area contributed by atoms with Crippen LogP contribution in [0.5, 0.6) is 0 Å². The van der Waals surface area contributed by atoms with E-state index in [0.29, 0.717) is 11.6 Å². The summed E-state index contributed by atoms with van der Waals surface area (Å²) >= 11 is 7.62. The standard InChI is InChI=1S/C20H21ClN2OS/c1-13-11-15(8-9-16(13)21)19-22-17(12-25-19)20(24)23-10-4-6-14-5-2-3-7-18(14)23/h7-9,11-12,14H,2-6,10H2,1H3. The van der Waals surface area contributed by atoms with Gasteiger partial charge in [0.1, 0.15) is 10.7 Å². The highest BCUT2D eigenvalue weighted by atomic mass is 35.5. The molecule has 5 heteroatoms. The maximum atomic E-state index is 13.0. The summed E-state index contributed by atoms with van der Waals surface area (Å²) in [5.74, 6) is 0.606. The van der Waals surface area contributed by atoms with Gasteiger partial charge in [-0.05, 0) is 62.6 Å². The Bertz CT molecular complexity index is 842. The number of benzene rings is 1. The molecule has 1 unspecified atom stereocenters. The van der Waals surface area contributed by atoms with Crippen molar-refractivity contribution in [2.24, 2.45) is 5.92 Å². The largest absolute Gasteiger partial charge is 0.311 e. The number of hydrogen-bond acceptors (Lipinski definition) is 3. The zero-order valence-electron chi connectivity index (χ0n) is 14.3. The predicted octanol–water partition coefficient (Wildman–Crippen LogP) is 5.69. The van der Waals surface area contributed by atoms with Gasteiger partial charge in [-0.25, -0.2) is 4.98 Å². The summed E-state index contributed by atoms with van der Waals surface area (Å²) in [6.07, 6.45) is 8.10. The van der Waals surface area contributed by atoms with Crippen LogP contribution in [-0.2, 0) is 0 Å². The molecule has 1 saturated heterocycles. The number of fused-ring (bicyclic) bond motifs is 1. The van der Waals surface area contributed by atoms with Crippen molar-refractivity contribution < 1.29 is 4.79 Å². The molecule has 1 aliphatic heterocycles. The normalized spacial score (nSPS) is 20.2. The average Bonchev–Trinajstić information content (AvgIpc) is 3.13. The van der Waals surface area contributed by atoms with Gasteiger partial charge in [0, 0.05) is 28.2 Å². The van der Waals surface area contributed by atoms with E-state index < -0.39 is 0 Å². The van der Waals surface area contributed by atoms with Crippen molar-refractivity contribution in [2.45, 2.75) is 39.0 Å². The maximum absolute atomic E-state index is 13.0. The van der Waals surface area contributed by atoms with E-state index in [4.69, 9.17) is 11.6 Å². The summed E-state index contributed by atoms with van der Waals surface area (Å²) in [6, 6.07) is 5.87. The number of piperidine rings is 1. The first-order valence-corrected chi connectivity index (χ1v) is 10.1. The van der Waals surface area contributed by atoms with Crippen LogP contribution >= 0.6 is 22.9 Å². The van der Waals surface area contributed by atoms with Gasteiger partial charge in [0.15, 0.2) is 0 Å². The van der Waals surface area contributed by atoms with E-state index in [1.54, 1.807) is 0 Å². The number of halogens is 1. The van der Waals surface area contributed by atoms with Crippen LogP contribution in [0.2, 0.25) is 5.02 Å². The van der Waals surface area contributed by atoms with Crippen LogP contribution in [0.4, 0.5) is 0 Å². The highest BCUT2D eigenvalue weighted by Gasteiger charge is 2.31. The third-order valence-electron chi connectivity index (χ3n) is 5.15. The van der Waals surface area contributed by atoms with E-state index in [1.807, 2.05) is 35.4 Å². The second-order valence-electron chi connectivity index (χ2n) is 6.86. The van der Waals surface area contributed by atoms with Crippen LogP contribution in [0.3, 0.4) is 0 Å². The molecule has 1 aliphatic carbocycles. The quantitative estimate of drug-likeness (QED) is 0.678. The number of rotatable bonds is 2. The molecule has 1 aromatic carbocycles. The Kier molecular flexibility index (Phi) is 4.65. The number of allylic oxidation sites excluding steroid dienone is 2. The molecule has 1 atom stereocenters. The molecule has 0 N–H and O–H groups in total. The zero-order valence-corrected chi connectivity index (χ0v) is 15.9. The van der Waals surface area contributed by atoms with E-state index >= 15 is 0 Å². The van der Waals surface area contributed by atoms with Gasteiger partial charge < -0.3 is 4.90 Å². The molecule has 0 bridgehead atoms. The molecule has 1 fully saturated rings. The van der Waals surface area contributed by atoms with E-state index in [-0.39, 0.29) is 5.91 Å². The number of thiazole rings is 1. The number of likely N-dealkylation sites (tertiary alicyclic amines) is 1. The summed E-state index contributed by atoms with van der Waals surface area (Å²) in [5, 5.41) is 3.50. The van der Waals surface area contributed by atoms with Crippen molar-refractivity contribution in [3.8, 4) is 10.6 Å². The first kappa shape index (κ1) is 16.8. The van der Waals surface area contributed by atoms with Crippen molar-refractivity contribution in [2.75, 3.05) is 6.54 Å². The highest BCUT2D eigenvalue weighted by molar-refractivity contribution is 7.13. The molecule has 0 radical (unpaired) electrons. The third-order valence-corrected chi connectivity index (χ3v) is 6.46. The lowest BCUT2D eigenvalue weighted by atomic mass is 9.85. The van der Waals surface area contributed by atoms with Crippen LogP contribution in [-0.4, -0.2) is 22.3 Å². The summed E-state index contributed by atoms with van der Waals surface area (Å²) in [5.41, 5.74) is 3.83. The lowest BCUT2D eigenvalue weighted by Crippen LogP contribution is -2.39. The van der Waals surface area contributed by atoms with E-state index in [1.165, 1.54) is 36.3 Å². The van der Waals surface area contributed by atoms with Gasteiger partial charge in [-0.3, -0.25) is 4.79 Å². The van der Waals surface area contributed by atoms with Crippen LogP contribution in [0, 0.1) is 12.8 Å². The van der Waals surface area contributed by atoms with Crippen LogP contribution in [0.1, 0.15) is 48.2 Å². The maximum Gasteiger partial charge on any atom is 0.277 e. The lowest BCUT2D eigenvalue weighted by molar-refractivity contribution is 0.0744. The summed E-state index contributed by atoms with van der Waals surface area (Å²) in [6.45, 7) is 2.79. The first-order valence-electron chi connectivity index (χ1n) is 8.87. The fourth-order valence-corrected chi connectivity index (χ4v) is 4.72. The smallest absolute Gasteiger partial charge is 0.277 e. The average molecular weight is 373 g/mol. The van der Waals surface area contributed by atoms with Gasteiger partial charge in [0.25, 0.3) is 5.91 Å². The molecular weight excluding hydrogens is 352 g/mol. The van der Waals surface area contributed by atoms with E-state index in [9.17, 15) is 4.79 Å². The highest BCUT2D eigenvalue weighted by Crippen LogP contribution is 2.36. The second-order valence-corrected chi connectivity index (χ2v) is 8.12. The Balaban J connectivity index is 1.60. The molecule has 4 rings (SSSR count). The Labute approximate surface area is 157 Å². The lowest BCUT2D eigenvalue weighted by Gasteiger charge is -2.37. The molecular formula is C20H21ClN2OS. The predicted molar refractivity (Wildman–Crippen MR) is 103 cm³/mol. The number of aryl methyl sites for hydroxylation is 1. The van der Waals surface area contributed by atoms with Gasteiger partial charge in [-0.2, -0.15) is 0 Å². The Morgan fingerprint density at radius 2 is 2.16 bits per heavy atom. The molecule has 2 heterocycles. The van der Waals surface area contributed by atoms with Crippen LogP contribution in [0.15, 0.2) is 35.4 Å². The van der Waals surface area contributed by atoms with E-state index in [2.05, 4.69) is 11.1 Å². The molecule has 0 spiro atoms. The first-order chi connectivity index (χ1) is 12.1. The molecule has 130 valence electrons.